The Morgan fingerprint density at radius 1 is 1.30 bits per heavy atom. The number of nitrogens with zero attached hydrogens (tertiary/aromatic N) is 2. The molecule has 0 unspecified atom stereocenters. The maximum Gasteiger partial charge on any atom is 0.257 e. The number of methoxy groups -OCH3 is 1. The Bertz CT molecular complexity index is 510. The average molecular weight is 409 g/mol. The fraction of sp³-hybridized carbons (Fsp3) is 0.500. The number of ether oxygens (including phenoxy) is 1. The summed E-state index contributed by atoms with van der Waals surface area (Å²) in [6, 6.07) is 3.51. The van der Waals surface area contributed by atoms with Crippen LogP contribution in [0.25, 0.3) is 0 Å². The molecule has 6 heteroatoms. The number of rotatable bonds is 2. The highest BCUT2D eigenvalue weighted by atomic mass is 127. The van der Waals surface area contributed by atoms with Crippen LogP contribution in [0.4, 0.5) is 0 Å². The smallest absolute Gasteiger partial charge is 0.257 e. The molecular formula is C14H18ClIN2O2. The summed E-state index contributed by atoms with van der Waals surface area (Å²) < 4.78 is 6.21. The molecule has 0 radical (unpaired) electrons. The van der Waals surface area contributed by atoms with Crippen molar-refractivity contribution in [3.8, 4) is 5.75 Å². The predicted octanol–water partition coefficient (Wildman–Crippen LogP) is 2.73. The molecule has 0 aromatic heterocycles. The molecule has 0 spiro atoms. The second kappa shape index (κ2) is 6.95. The molecule has 0 atom stereocenters. The largest absolute Gasteiger partial charge is 0.496 e. The summed E-state index contributed by atoms with van der Waals surface area (Å²) in [6.07, 6.45) is 0.989. The standard InChI is InChI=1S/C14H18ClIN2O2/c1-17-4-3-5-18(7-6-17)14(19)10-8-11(15)12(16)9-13(10)20-2/h8-9H,3-7H2,1-2H3. The first-order valence-corrected chi connectivity index (χ1v) is 7.99. The van der Waals surface area contributed by atoms with E-state index in [-0.39, 0.29) is 5.91 Å². The highest BCUT2D eigenvalue weighted by Gasteiger charge is 2.22. The van der Waals surface area contributed by atoms with Gasteiger partial charge in [-0.25, -0.2) is 0 Å². The molecule has 0 bridgehead atoms. The van der Waals surface area contributed by atoms with E-state index in [0.29, 0.717) is 16.3 Å². The molecule has 1 heterocycles. The van der Waals surface area contributed by atoms with Gasteiger partial charge in [0.25, 0.3) is 5.91 Å². The minimum absolute atomic E-state index is 0.00421. The van der Waals surface area contributed by atoms with Crippen molar-refractivity contribution in [1.82, 2.24) is 9.80 Å². The second-order valence-corrected chi connectivity index (χ2v) is 6.49. The highest BCUT2D eigenvalue weighted by Crippen LogP contribution is 2.29. The molecule has 2 rings (SSSR count). The number of likely N-dealkylation sites (N-methyl/N-ethyl adjacent to an activating group) is 1. The van der Waals surface area contributed by atoms with Crippen molar-refractivity contribution in [2.24, 2.45) is 0 Å². The normalized spacial score (nSPS) is 16.9. The van der Waals surface area contributed by atoms with Gasteiger partial charge in [0.15, 0.2) is 0 Å². The zero-order valence-corrected chi connectivity index (χ0v) is 14.6. The molecule has 1 amide bonds. The molecule has 110 valence electrons. The van der Waals surface area contributed by atoms with Gasteiger partial charge in [0, 0.05) is 23.2 Å². The van der Waals surface area contributed by atoms with E-state index in [2.05, 4.69) is 34.5 Å². The van der Waals surface area contributed by atoms with Crippen LogP contribution in [0.15, 0.2) is 12.1 Å². The van der Waals surface area contributed by atoms with Crippen molar-refractivity contribution in [1.29, 1.82) is 0 Å². The van der Waals surface area contributed by atoms with E-state index in [4.69, 9.17) is 16.3 Å². The van der Waals surface area contributed by atoms with Crippen LogP contribution in [0.1, 0.15) is 16.8 Å². The third-order valence-corrected chi connectivity index (χ3v) is 5.00. The molecular weight excluding hydrogens is 391 g/mol. The van der Waals surface area contributed by atoms with Crippen LogP contribution in [0, 0.1) is 3.57 Å². The average Bonchev–Trinajstić information content (AvgIpc) is 2.65. The van der Waals surface area contributed by atoms with Gasteiger partial charge >= 0.3 is 0 Å². The summed E-state index contributed by atoms with van der Waals surface area (Å²) in [7, 11) is 3.66. The SMILES string of the molecule is COc1cc(I)c(Cl)cc1C(=O)N1CCCN(C)CC1. The first-order chi connectivity index (χ1) is 9.52. The van der Waals surface area contributed by atoms with Gasteiger partial charge in [-0.05, 0) is 54.7 Å². The van der Waals surface area contributed by atoms with Crippen molar-refractivity contribution in [3.63, 3.8) is 0 Å². The molecule has 0 N–H and O–H groups in total. The van der Waals surface area contributed by atoms with Gasteiger partial charge in [-0.2, -0.15) is 0 Å². The third kappa shape index (κ3) is 3.56. The second-order valence-electron chi connectivity index (χ2n) is 4.92. The van der Waals surface area contributed by atoms with Gasteiger partial charge in [0.1, 0.15) is 5.75 Å². The van der Waals surface area contributed by atoms with Crippen LogP contribution < -0.4 is 4.74 Å². The van der Waals surface area contributed by atoms with Crippen LogP contribution in [-0.2, 0) is 0 Å². The van der Waals surface area contributed by atoms with Gasteiger partial charge in [-0.15, -0.1) is 0 Å². The lowest BCUT2D eigenvalue weighted by Gasteiger charge is -2.22. The maximum absolute atomic E-state index is 12.7. The first-order valence-electron chi connectivity index (χ1n) is 6.53. The lowest BCUT2D eigenvalue weighted by molar-refractivity contribution is 0.0759. The minimum Gasteiger partial charge on any atom is -0.496 e. The van der Waals surface area contributed by atoms with Crippen LogP contribution in [0.5, 0.6) is 5.75 Å². The molecule has 1 fully saturated rings. The monoisotopic (exact) mass is 408 g/mol. The van der Waals surface area contributed by atoms with Gasteiger partial charge in [0.2, 0.25) is 0 Å². The van der Waals surface area contributed by atoms with Crippen LogP contribution in [-0.4, -0.2) is 56.0 Å². The minimum atomic E-state index is -0.00421. The molecule has 1 aliphatic heterocycles. The number of amides is 1. The van der Waals surface area contributed by atoms with Gasteiger partial charge in [0.05, 0.1) is 17.7 Å². The summed E-state index contributed by atoms with van der Waals surface area (Å²) in [5.41, 5.74) is 0.544. The molecule has 1 aromatic rings. The van der Waals surface area contributed by atoms with Crippen LogP contribution in [0.2, 0.25) is 5.02 Å². The van der Waals surface area contributed by atoms with E-state index >= 15 is 0 Å². The molecule has 1 saturated heterocycles. The van der Waals surface area contributed by atoms with E-state index in [1.165, 1.54) is 0 Å². The highest BCUT2D eigenvalue weighted by molar-refractivity contribution is 14.1. The number of halogens is 2. The van der Waals surface area contributed by atoms with Gasteiger partial charge < -0.3 is 14.5 Å². The van der Waals surface area contributed by atoms with Crippen molar-refractivity contribution in [3.05, 3.63) is 26.3 Å². The van der Waals surface area contributed by atoms with Crippen molar-refractivity contribution in [2.75, 3.05) is 40.3 Å². The zero-order valence-electron chi connectivity index (χ0n) is 11.7. The third-order valence-electron chi connectivity index (χ3n) is 3.48. The lowest BCUT2D eigenvalue weighted by Crippen LogP contribution is -2.34. The Kier molecular flexibility index (Phi) is 5.51. The van der Waals surface area contributed by atoms with Crippen LogP contribution in [0.3, 0.4) is 0 Å². The number of carbonyl (C=O) groups excluding carboxylic acids is 1. The molecule has 0 aliphatic carbocycles. The lowest BCUT2D eigenvalue weighted by atomic mass is 10.1. The molecule has 0 saturated carbocycles. The Morgan fingerprint density at radius 2 is 2.05 bits per heavy atom. The summed E-state index contributed by atoms with van der Waals surface area (Å²) in [4.78, 5) is 16.8. The Hall–Kier alpha value is -0.530. The summed E-state index contributed by atoms with van der Waals surface area (Å²) in [5, 5.41) is 0.585. The fourth-order valence-corrected chi connectivity index (χ4v) is 2.89. The maximum atomic E-state index is 12.7. The molecule has 20 heavy (non-hydrogen) atoms. The quantitative estimate of drug-likeness (QED) is 0.706. The Balaban J connectivity index is 2.26. The van der Waals surface area contributed by atoms with Gasteiger partial charge in [-0.1, -0.05) is 11.6 Å². The Labute approximate surface area is 138 Å². The number of carbonyl (C=O) groups is 1. The summed E-state index contributed by atoms with van der Waals surface area (Å²) in [6.45, 7) is 3.43. The van der Waals surface area contributed by atoms with Crippen molar-refractivity contribution >= 4 is 40.1 Å². The Morgan fingerprint density at radius 3 is 2.75 bits per heavy atom. The summed E-state index contributed by atoms with van der Waals surface area (Å²) in [5.74, 6) is 0.580. The van der Waals surface area contributed by atoms with E-state index in [0.717, 1.165) is 36.2 Å². The van der Waals surface area contributed by atoms with E-state index < -0.39 is 0 Å². The number of benzene rings is 1. The molecule has 1 aliphatic rings. The van der Waals surface area contributed by atoms with Crippen molar-refractivity contribution < 1.29 is 9.53 Å². The van der Waals surface area contributed by atoms with E-state index in [1.807, 2.05) is 4.90 Å². The topological polar surface area (TPSA) is 32.8 Å². The molecule has 1 aromatic carbocycles. The van der Waals surface area contributed by atoms with Crippen molar-refractivity contribution in [2.45, 2.75) is 6.42 Å². The fourth-order valence-electron chi connectivity index (χ4n) is 2.28. The zero-order chi connectivity index (χ0) is 14.7. The predicted molar refractivity (Wildman–Crippen MR) is 88.7 cm³/mol. The number of hydrogen-bond donors (Lipinski definition) is 0. The first kappa shape index (κ1) is 15.9. The van der Waals surface area contributed by atoms with E-state index in [1.54, 1.807) is 19.2 Å². The summed E-state index contributed by atoms with van der Waals surface area (Å²) >= 11 is 8.27. The van der Waals surface area contributed by atoms with Gasteiger partial charge in [-0.3, -0.25) is 4.79 Å². The van der Waals surface area contributed by atoms with Crippen LogP contribution >= 0.6 is 34.2 Å². The number of hydrogen-bond acceptors (Lipinski definition) is 3. The van der Waals surface area contributed by atoms with E-state index in [9.17, 15) is 4.79 Å². The molecule has 4 nitrogen and oxygen atoms in total.